The van der Waals surface area contributed by atoms with Crippen LogP contribution >= 0.6 is 11.3 Å². The van der Waals surface area contributed by atoms with Crippen LogP contribution < -0.4 is 0 Å². The van der Waals surface area contributed by atoms with Gasteiger partial charge in [-0.3, -0.25) is 4.79 Å². The number of fused-ring (bicyclic) bond motifs is 1. The fourth-order valence-corrected chi connectivity index (χ4v) is 4.76. The standard InChI is InChI=1S/C21H17N3O2S/c25-21(15-13-26-23-19(15)14-7-2-1-3-8-14)24-12-6-10-17(24)20-22-16-9-4-5-11-18(16)27-20/h1-5,7-9,11,13,17H,6,10,12H2. The molecule has 1 aliphatic rings. The van der Waals surface area contributed by atoms with E-state index in [0.29, 0.717) is 11.3 Å². The first kappa shape index (κ1) is 16.2. The van der Waals surface area contributed by atoms with E-state index in [1.807, 2.05) is 53.4 Å². The summed E-state index contributed by atoms with van der Waals surface area (Å²) < 4.78 is 6.31. The maximum atomic E-state index is 13.3. The summed E-state index contributed by atoms with van der Waals surface area (Å²) in [6.45, 7) is 0.721. The van der Waals surface area contributed by atoms with Crippen LogP contribution in [0.1, 0.15) is 34.2 Å². The summed E-state index contributed by atoms with van der Waals surface area (Å²) in [5, 5.41) is 5.08. The zero-order chi connectivity index (χ0) is 18.2. The van der Waals surface area contributed by atoms with E-state index in [-0.39, 0.29) is 11.9 Å². The molecule has 1 atom stereocenters. The molecule has 27 heavy (non-hydrogen) atoms. The summed E-state index contributed by atoms with van der Waals surface area (Å²) in [5.74, 6) is -0.0446. The van der Waals surface area contributed by atoms with E-state index in [9.17, 15) is 4.79 Å². The lowest BCUT2D eigenvalue weighted by molar-refractivity contribution is 0.0735. The Morgan fingerprint density at radius 1 is 1.11 bits per heavy atom. The van der Waals surface area contributed by atoms with Crippen LogP contribution in [0.25, 0.3) is 21.5 Å². The van der Waals surface area contributed by atoms with Gasteiger partial charge in [0, 0.05) is 12.1 Å². The zero-order valence-electron chi connectivity index (χ0n) is 14.5. The van der Waals surface area contributed by atoms with Gasteiger partial charge >= 0.3 is 0 Å². The van der Waals surface area contributed by atoms with E-state index in [0.717, 1.165) is 40.2 Å². The Morgan fingerprint density at radius 2 is 1.93 bits per heavy atom. The normalized spacial score (nSPS) is 16.9. The summed E-state index contributed by atoms with van der Waals surface area (Å²) >= 11 is 1.67. The quantitative estimate of drug-likeness (QED) is 0.509. The fourth-order valence-electron chi connectivity index (χ4n) is 3.65. The van der Waals surface area contributed by atoms with E-state index >= 15 is 0 Å². The summed E-state index contributed by atoms with van der Waals surface area (Å²) in [4.78, 5) is 20.0. The van der Waals surface area contributed by atoms with Gasteiger partial charge in [-0.2, -0.15) is 0 Å². The average Bonchev–Trinajstić information content (AvgIpc) is 3.46. The predicted octanol–water partition coefficient (Wildman–Crippen LogP) is 4.93. The molecule has 5 nitrogen and oxygen atoms in total. The van der Waals surface area contributed by atoms with Gasteiger partial charge in [0.25, 0.3) is 5.91 Å². The minimum atomic E-state index is -0.0446. The first-order valence-electron chi connectivity index (χ1n) is 8.97. The molecule has 0 aliphatic carbocycles. The van der Waals surface area contributed by atoms with Crippen LogP contribution in [-0.4, -0.2) is 27.5 Å². The van der Waals surface area contributed by atoms with Crippen LogP contribution in [0.5, 0.6) is 0 Å². The number of aromatic nitrogens is 2. The lowest BCUT2D eigenvalue weighted by Crippen LogP contribution is -2.30. The van der Waals surface area contributed by atoms with Gasteiger partial charge in [0.1, 0.15) is 22.5 Å². The smallest absolute Gasteiger partial charge is 0.260 e. The fraction of sp³-hybridized carbons (Fsp3) is 0.190. The number of hydrogen-bond acceptors (Lipinski definition) is 5. The molecule has 6 heteroatoms. The number of likely N-dealkylation sites (tertiary alicyclic amines) is 1. The van der Waals surface area contributed by atoms with Crippen molar-refractivity contribution in [3.05, 3.63) is 71.4 Å². The molecule has 1 amide bonds. The van der Waals surface area contributed by atoms with Crippen molar-refractivity contribution >= 4 is 27.5 Å². The van der Waals surface area contributed by atoms with Crippen molar-refractivity contribution in [2.45, 2.75) is 18.9 Å². The Bertz CT molecular complexity index is 1070. The first-order chi connectivity index (χ1) is 13.3. The SMILES string of the molecule is O=C(c1conc1-c1ccccc1)N1CCCC1c1nc2ccccc2s1. The van der Waals surface area contributed by atoms with E-state index in [1.165, 1.54) is 6.26 Å². The van der Waals surface area contributed by atoms with Crippen LogP contribution in [0, 0.1) is 0 Å². The maximum absolute atomic E-state index is 13.3. The van der Waals surface area contributed by atoms with Crippen molar-refractivity contribution in [3.8, 4) is 11.3 Å². The van der Waals surface area contributed by atoms with Gasteiger partial charge in [-0.1, -0.05) is 47.6 Å². The molecule has 4 aromatic rings. The van der Waals surface area contributed by atoms with Crippen molar-refractivity contribution in [3.63, 3.8) is 0 Å². The van der Waals surface area contributed by atoms with E-state index < -0.39 is 0 Å². The van der Waals surface area contributed by atoms with Crippen molar-refractivity contribution in [2.24, 2.45) is 0 Å². The molecule has 134 valence electrons. The molecule has 0 spiro atoms. The highest BCUT2D eigenvalue weighted by atomic mass is 32.1. The van der Waals surface area contributed by atoms with Gasteiger partial charge in [0.15, 0.2) is 0 Å². The van der Waals surface area contributed by atoms with E-state index in [4.69, 9.17) is 9.51 Å². The highest BCUT2D eigenvalue weighted by Gasteiger charge is 2.34. The number of rotatable bonds is 3. The van der Waals surface area contributed by atoms with Crippen LogP contribution in [0.15, 0.2) is 65.4 Å². The Morgan fingerprint density at radius 3 is 2.78 bits per heavy atom. The second-order valence-corrected chi connectivity index (χ2v) is 7.68. The summed E-state index contributed by atoms with van der Waals surface area (Å²) in [6.07, 6.45) is 3.36. The summed E-state index contributed by atoms with van der Waals surface area (Å²) in [7, 11) is 0. The summed E-state index contributed by atoms with van der Waals surface area (Å²) in [6, 6.07) is 17.8. The monoisotopic (exact) mass is 375 g/mol. The molecule has 0 bridgehead atoms. The second-order valence-electron chi connectivity index (χ2n) is 6.62. The van der Waals surface area contributed by atoms with Gasteiger partial charge in [0.05, 0.1) is 16.3 Å². The number of amides is 1. The molecule has 3 heterocycles. The average molecular weight is 375 g/mol. The van der Waals surface area contributed by atoms with Gasteiger partial charge in [-0.05, 0) is 25.0 Å². The van der Waals surface area contributed by atoms with Gasteiger partial charge in [-0.15, -0.1) is 11.3 Å². The molecule has 0 radical (unpaired) electrons. The van der Waals surface area contributed by atoms with Crippen LogP contribution in [0.3, 0.4) is 0 Å². The van der Waals surface area contributed by atoms with Crippen molar-refractivity contribution in [1.29, 1.82) is 0 Å². The third kappa shape index (κ3) is 2.82. The third-order valence-corrected chi connectivity index (χ3v) is 6.09. The molecule has 1 saturated heterocycles. The van der Waals surface area contributed by atoms with Gasteiger partial charge in [-0.25, -0.2) is 4.98 Å². The van der Waals surface area contributed by atoms with E-state index in [2.05, 4.69) is 11.2 Å². The first-order valence-corrected chi connectivity index (χ1v) is 9.79. The largest absolute Gasteiger partial charge is 0.363 e. The number of carbonyl (C=O) groups is 1. The molecule has 0 N–H and O–H groups in total. The molecule has 0 saturated carbocycles. The number of carbonyl (C=O) groups excluding carboxylic acids is 1. The summed E-state index contributed by atoms with van der Waals surface area (Å²) in [5.41, 5.74) is 2.97. The predicted molar refractivity (Wildman–Crippen MR) is 105 cm³/mol. The molecule has 2 aromatic heterocycles. The number of nitrogens with zero attached hydrogens (tertiary/aromatic N) is 3. The molecule has 1 aliphatic heterocycles. The Hall–Kier alpha value is -2.99. The number of hydrogen-bond donors (Lipinski definition) is 0. The van der Waals surface area contributed by atoms with Crippen molar-refractivity contribution in [1.82, 2.24) is 15.0 Å². The van der Waals surface area contributed by atoms with Crippen LogP contribution in [0.4, 0.5) is 0 Å². The highest BCUT2D eigenvalue weighted by molar-refractivity contribution is 7.18. The molecular weight excluding hydrogens is 358 g/mol. The van der Waals surface area contributed by atoms with Crippen LogP contribution in [-0.2, 0) is 0 Å². The lowest BCUT2D eigenvalue weighted by atomic mass is 10.1. The molecule has 2 aromatic carbocycles. The minimum Gasteiger partial charge on any atom is -0.363 e. The Kier molecular flexibility index (Phi) is 3.98. The molecular formula is C21H17N3O2S. The van der Waals surface area contributed by atoms with Gasteiger partial charge in [0.2, 0.25) is 0 Å². The maximum Gasteiger partial charge on any atom is 0.260 e. The third-order valence-electron chi connectivity index (χ3n) is 4.96. The van der Waals surface area contributed by atoms with Crippen LogP contribution in [0.2, 0.25) is 0 Å². The van der Waals surface area contributed by atoms with Crippen molar-refractivity contribution in [2.75, 3.05) is 6.54 Å². The highest BCUT2D eigenvalue weighted by Crippen LogP contribution is 2.38. The van der Waals surface area contributed by atoms with Crippen molar-refractivity contribution < 1.29 is 9.32 Å². The number of thiazole rings is 1. The van der Waals surface area contributed by atoms with Gasteiger partial charge < -0.3 is 9.42 Å². The molecule has 1 unspecified atom stereocenters. The lowest BCUT2D eigenvalue weighted by Gasteiger charge is -2.22. The van der Waals surface area contributed by atoms with E-state index in [1.54, 1.807) is 11.3 Å². The zero-order valence-corrected chi connectivity index (χ0v) is 15.4. The molecule has 1 fully saturated rings. The Labute approximate surface area is 160 Å². The Balaban J connectivity index is 1.49. The topological polar surface area (TPSA) is 59.2 Å². The molecule has 5 rings (SSSR count). The second kappa shape index (κ2) is 6.63. The number of para-hydroxylation sites is 1. The number of benzene rings is 2. The minimum absolute atomic E-state index is 0.00780.